The van der Waals surface area contributed by atoms with Gasteiger partial charge in [0, 0.05) is 16.6 Å². The standard InChI is InChI=1S/C13H16BrNO/c1-5-13(2,3)15-9-10-8-11(14)6-7-12(10)16-4/h1,6-8,15H,9H2,2-4H3. The van der Waals surface area contributed by atoms with Crippen LogP contribution in [-0.4, -0.2) is 12.6 Å². The van der Waals surface area contributed by atoms with E-state index in [0.29, 0.717) is 6.54 Å². The molecular weight excluding hydrogens is 266 g/mol. The summed E-state index contributed by atoms with van der Waals surface area (Å²) >= 11 is 3.44. The summed E-state index contributed by atoms with van der Waals surface area (Å²) in [5.41, 5.74) is 0.771. The minimum atomic E-state index is -0.312. The van der Waals surface area contributed by atoms with Crippen molar-refractivity contribution < 1.29 is 4.74 Å². The fourth-order valence-corrected chi connectivity index (χ4v) is 1.66. The van der Waals surface area contributed by atoms with Crippen LogP contribution in [-0.2, 0) is 6.54 Å². The van der Waals surface area contributed by atoms with E-state index in [1.807, 2.05) is 32.0 Å². The van der Waals surface area contributed by atoms with E-state index < -0.39 is 0 Å². The maximum absolute atomic E-state index is 5.42. The summed E-state index contributed by atoms with van der Waals surface area (Å²) < 4.78 is 6.32. The van der Waals surface area contributed by atoms with Crippen molar-refractivity contribution in [1.82, 2.24) is 5.32 Å². The Hall–Kier alpha value is -0.980. The normalized spacial score (nSPS) is 10.9. The first-order valence-electron chi connectivity index (χ1n) is 5.04. The van der Waals surface area contributed by atoms with Gasteiger partial charge in [0.05, 0.1) is 12.6 Å². The third-order valence-corrected chi connectivity index (χ3v) is 2.82. The van der Waals surface area contributed by atoms with Crippen molar-refractivity contribution in [2.24, 2.45) is 0 Å². The van der Waals surface area contributed by atoms with Crippen molar-refractivity contribution in [3.05, 3.63) is 28.2 Å². The van der Waals surface area contributed by atoms with Crippen LogP contribution >= 0.6 is 15.9 Å². The fraction of sp³-hybridized carbons (Fsp3) is 0.385. The zero-order chi connectivity index (χ0) is 12.2. The molecule has 0 aliphatic heterocycles. The van der Waals surface area contributed by atoms with Crippen LogP contribution in [0.3, 0.4) is 0 Å². The zero-order valence-corrected chi connectivity index (χ0v) is 11.4. The van der Waals surface area contributed by atoms with Crippen LogP contribution in [0.2, 0.25) is 0 Å². The van der Waals surface area contributed by atoms with Gasteiger partial charge in [0.2, 0.25) is 0 Å². The highest BCUT2D eigenvalue weighted by atomic mass is 79.9. The molecule has 1 aromatic carbocycles. The third-order valence-electron chi connectivity index (χ3n) is 2.32. The fourth-order valence-electron chi connectivity index (χ4n) is 1.25. The van der Waals surface area contributed by atoms with Gasteiger partial charge < -0.3 is 4.74 Å². The molecule has 16 heavy (non-hydrogen) atoms. The summed E-state index contributed by atoms with van der Waals surface area (Å²) in [6, 6.07) is 5.91. The number of halogens is 1. The Bertz CT molecular complexity index is 407. The van der Waals surface area contributed by atoms with Crippen molar-refractivity contribution in [3.63, 3.8) is 0 Å². The molecule has 0 saturated carbocycles. The molecule has 0 aliphatic rings. The van der Waals surface area contributed by atoms with E-state index in [9.17, 15) is 0 Å². The quantitative estimate of drug-likeness (QED) is 0.857. The van der Waals surface area contributed by atoms with Crippen LogP contribution in [0.15, 0.2) is 22.7 Å². The summed E-state index contributed by atoms with van der Waals surface area (Å²) in [6.07, 6.45) is 5.42. The molecule has 0 amide bonds. The van der Waals surface area contributed by atoms with Crippen LogP contribution < -0.4 is 10.1 Å². The number of hydrogen-bond acceptors (Lipinski definition) is 2. The molecule has 1 rings (SSSR count). The maximum Gasteiger partial charge on any atom is 0.123 e. The number of ether oxygens (including phenoxy) is 1. The molecule has 0 unspecified atom stereocenters. The van der Waals surface area contributed by atoms with Gasteiger partial charge in [-0.05, 0) is 32.0 Å². The molecule has 0 atom stereocenters. The second-order valence-electron chi connectivity index (χ2n) is 4.08. The highest BCUT2D eigenvalue weighted by molar-refractivity contribution is 9.10. The highest BCUT2D eigenvalue weighted by Crippen LogP contribution is 2.23. The SMILES string of the molecule is C#CC(C)(C)NCc1cc(Br)ccc1OC. The summed E-state index contributed by atoms with van der Waals surface area (Å²) in [7, 11) is 1.67. The van der Waals surface area contributed by atoms with Gasteiger partial charge in [0.15, 0.2) is 0 Å². The molecule has 0 spiro atoms. The maximum atomic E-state index is 5.42. The lowest BCUT2D eigenvalue weighted by molar-refractivity contribution is 0.402. The predicted molar refractivity (Wildman–Crippen MR) is 70.4 cm³/mol. The molecule has 0 aromatic heterocycles. The number of hydrogen-bond donors (Lipinski definition) is 1. The molecule has 0 saturated heterocycles. The Morgan fingerprint density at radius 1 is 1.50 bits per heavy atom. The minimum Gasteiger partial charge on any atom is -0.496 e. The molecule has 3 heteroatoms. The van der Waals surface area contributed by atoms with Gasteiger partial charge in [-0.1, -0.05) is 21.9 Å². The molecule has 0 heterocycles. The van der Waals surface area contributed by atoms with Crippen molar-refractivity contribution in [2.45, 2.75) is 25.9 Å². The lowest BCUT2D eigenvalue weighted by Crippen LogP contribution is -2.37. The van der Waals surface area contributed by atoms with Crippen LogP contribution in [0.4, 0.5) is 0 Å². The summed E-state index contributed by atoms with van der Waals surface area (Å²) in [5, 5.41) is 3.29. The Labute approximate surface area is 106 Å². The molecule has 0 aliphatic carbocycles. The molecule has 1 N–H and O–H groups in total. The number of benzene rings is 1. The number of methoxy groups -OCH3 is 1. The number of rotatable bonds is 4. The Morgan fingerprint density at radius 2 is 2.19 bits per heavy atom. The number of nitrogens with one attached hydrogen (secondary N) is 1. The van der Waals surface area contributed by atoms with Gasteiger partial charge in [-0.25, -0.2) is 0 Å². The van der Waals surface area contributed by atoms with E-state index in [-0.39, 0.29) is 5.54 Å². The minimum absolute atomic E-state index is 0.312. The van der Waals surface area contributed by atoms with Crippen LogP contribution in [0.5, 0.6) is 5.75 Å². The van der Waals surface area contributed by atoms with Gasteiger partial charge in [0.25, 0.3) is 0 Å². The first-order valence-corrected chi connectivity index (χ1v) is 5.83. The van der Waals surface area contributed by atoms with E-state index in [2.05, 4.69) is 27.2 Å². The molecule has 0 radical (unpaired) electrons. The van der Waals surface area contributed by atoms with Gasteiger partial charge >= 0.3 is 0 Å². The van der Waals surface area contributed by atoms with Crippen molar-refractivity contribution >= 4 is 15.9 Å². The predicted octanol–water partition coefficient (Wildman–Crippen LogP) is 2.96. The van der Waals surface area contributed by atoms with Gasteiger partial charge in [0.1, 0.15) is 5.75 Å². The van der Waals surface area contributed by atoms with E-state index in [1.165, 1.54) is 0 Å². The molecule has 0 bridgehead atoms. The van der Waals surface area contributed by atoms with Crippen molar-refractivity contribution in [1.29, 1.82) is 0 Å². The van der Waals surface area contributed by atoms with E-state index in [0.717, 1.165) is 15.8 Å². The smallest absolute Gasteiger partial charge is 0.123 e. The second kappa shape index (κ2) is 5.38. The number of terminal acetylenes is 1. The lowest BCUT2D eigenvalue weighted by atomic mass is 10.1. The molecule has 0 fully saturated rings. The van der Waals surface area contributed by atoms with Gasteiger partial charge in [-0.2, -0.15) is 0 Å². The third kappa shape index (κ3) is 3.55. The largest absolute Gasteiger partial charge is 0.496 e. The van der Waals surface area contributed by atoms with Gasteiger partial charge in [-0.3, -0.25) is 5.32 Å². The Morgan fingerprint density at radius 3 is 2.75 bits per heavy atom. The summed E-state index contributed by atoms with van der Waals surface area (Å²) in [4.78, 5) is 0. The second-order valence-corrected chi connectivity index (χ2v) is 4.99. The topological polar surface area (TPSA) is 21.3 Å². The average molecular weight is 282 g/mol. The summed E-state index contributed by atoms with van der Waals surface area (Å²) in [6.45, 7) is 4.62. The Balaban J connectivity index is 2.81. The van der Waals surface area contributed by atoms with Gasteiger partial charge in [-0.15, -0.1) is 6.42 Å². The first-order chi connectivity index (χ1) is 7.48. The van der Waals surface area contributed by atoms with Crippen LogP contribution in [0, 0.1) is 12.3 Å². The van der Waals surface area contributed by atoms with Crippen LogP contribution in [0.1, 0.15) is 19.4 Å². The monoisotopic (exact) mass is 281 g/mol. The van der Waals surface area contributed by atoms with Crippen LogP contribution in [0.25, 0.3) is 0 Å². The lowest BCUT2D eigenvalue weighted by Gasteiger charge is -2.20. The average Bonchev–Trinajstić information content (AvgIpc) is 2.27. The zero-order valence-electron chi connectivity index (χ0n) is 9.80. The first kappa shape index (κ1) is 13.1. The van der Waals surface area contributed by atoms with E-state index in [1.54, 1.807) is 7.11 Å². The van der Waals surface area contributed by atoms with Crippen molar-refractivity contribution in [2.75, 3.05) is 7.11 Å². The molecule has 2 nitrogen and oxygen atoms in total. The molecule has 1 aromatic rings. The molecule has 86 valence electrons. The Kier molecular flexibility index (Phi) is 4.40. The highest BCUT2D eigenvalue weighted by Gasteiger charge is 2.13. The van der Waals surface area contributed by atoms with E-state index >= 15 is 0 Å². The summed E-state index contributed by atoms with van der Waals surface area (Å²) in [5.74, 6) is 3.56. The molecular formula is C13H16BrNO. The van der Waals surface area contributed by atoms with E-state index in [4.69, 9.17) is 11.2 Å². The van der Waals surface area contributed by atoms with Crippen molar-refractivity contribution in [3.8, 4) is 18.1 Å².